The second-order valence-electron chi connectivity index (χ2n) is 5.57. The summed E-state index contributed by atoms with van der Waals surface area (Å²) in [6.07, 6.45) is 0. The van der Waals surface area contributed by atoms with Crippen molar-refractivity contribution >= 4 is 56.6 Å². The number of amides is 1. The fourth-order valence-corrected chi connectivity index (χ4v) is 3.57. The Bertz CT molecular complexity index is 796. The van der Waals surface area contributed by atoms with Crippen molar-refractivity contribution in [3.8, 4) is 0 Å². The van der Waals surface area contributed by atoms with E-state index in [-0.39, 0.29) is 5.91 Å². The van der Waals surface area contributed by atoms with Crippen LogP contribution in [-0.2, 0) is 4.79 Å². The maximum Gasteiger partial charge on any atom is 0.248 e. The smallest absolute Gasteiger partial charge is 0.248 e. The molecule has 2 rings (SSSR count). The molecule has 0 radical (unpaired) electrons. The maximum absolute atomic E-state index is 12.0. The normalized spacial score (nSPS) is 10.2. The molecule has 0 spiro atoms. The number of thioether (sulfide) groups is 1. The molecule has 0 fully saturated rings. The average molecular weight is 438 g/mol. The Labute approximate surface area is 166 Å². The number of carbonyl (C=O) groups excluding carboxylic acids is 1. The van der Waals surface area contributed by atoms with Crippen molar-refractivity contribution in [2.45, 2.75) is 25.7 Å². The van der Waals surface area contributed by atoms with Crippen molar-refractivity contribution in [3.63, 3.8) is 0 Å². The van der Waals surface area contributed by atoms with Gasteiger partial charge in [0.05, 0.1) is 5.75 Å². The molecule has 0 aliphatic rings. The highest BCUT2D eigenvalue weighted by atomic mass is 79.9. The summed E-state index contributed by atoms with van der Waals surface area (Å²) < 4.78 is 1.03. The van der Waals surface area contributed by atoms with Crippen LogP contribution >= 0.6 is 39.9 Å². The predicted molar refractivity (Wildman–Crippen MR) is 113 cm³/mol. The van der Waals surface area contributed by atoms with Crippen LogP contribution in [-0.4, -0.2) is 16.8 Å². The third-order valence-corrected chi connectivity index (χ3v) is 5.54. The van der Waals surface area contributed by atoms with Crippen molar-refractivity contribution in [3.05, 3.63) is 57.6 Å². The molecule has 0 saturated carbocycles. The fraction of sp³-hybridized carbons (Fsp3) is 0.222. The molecule has 7 heteroatoms. The summed E-state index contributed by atoms with van der Waals surface area (Å²) in [5.74, 6) is 0.166. The second-order valence-corrected chi connectivity index (χ2v) is 7.91. The van der Waals surface area contributed by atoms with Gasteiger partial charge in [-0.3, -0.25) is 15.6 Å². The van der Waals surface area contributed by atoms with Gasteiger partial charge in [0.25, 0.3) is 0 Å². The highest BCUT2D eigenvalue weighted by molar-refractivity contribution is 9.10. The zero-order valence-electron chi connectivity index (χ0n) is 14.3. The van der Waals surface area contributed by atoms with Crippen molar-refractivity contribution < 1.29 is 4.79 Å². The lowest BCUT2D eigenvalue weighted by Gasteiger charge is -2.14. The number of benzene rings is 2. The molecule has 0 heterocycles. The lowest BCUT2D eigenvalue weighted by molar-refractivity contribution is -0.119. The van der Waals surface area contributed by atoms with E-state index in [0.29, 0.717) is 10.9 Å². The SMILES string of the molecule is Cc1cc(Br)ccc1SCC(=O)NNC(=S)Nc1cccc(C)c1C. The van der Waals surface area contributed by atoms with Crippen LogP contribution in [0, 0.1) is 20.8 Å². The van der Waals surface area contributed by atoms with E-state index in [4.69, 9.17) is 12.2 Å². The van der Waals surface area contributed by atoms with Gasteiger partial charge in [-0.05, 0) is 73.9 Å². The lowest BCUT2D eigenvalue weighted by atomic mass is 10.1. The highest BCUT2D eigenvalue weighted by Gasteiger charge is 2.07. The Balaban J connectivity index is 1.79. The van der Waals surface area contributed by atoms with Gasteiger partial charge in [0.15, 0.2) is 5.11 Å². The van der Waals surface area contributed by atoms with Gasteiger partial charge in [0.2, 0.25) is 5.91 Å². The van der Waals surface area contributed by atoms with Crippen LogP contribution in [0.3, 0.4) is 0 Å². The molecule has 0 unspecified atom stereocenters. The summed E-state index contributed by atoms with van der Waals surface area (Å²) in [6, 6.07) is 11.9. The van der Waals surface area contributed by atoms with Gasteiger partial charge in [-0.25, -0.2) is 0 Å². The molecule has 4 nitrogen and oxygen atoms in total. The molecule has 0 saturated heterocycles. The molecule has 2 aromatic rings. The van der Waals surface area contributed by atoms with E-state index in [1.807, 2.05) is 57.2 Å². The van der Waals surface area contributed by atoms with E-state index in [9.17, 15) is 4.79 Å². The summed E-state index contributed by atoms with van der Waals surface area (Å²) in [5, 5.41) is 3.44. The molecular weight excluding hydrogens is 418 g/mol. The number of thiocarbonyl (C=S) groups is 1. The molecule has 1 amide bonds. The Morgan fingerprint density at radius 2 is 1.88 bits per heavy atom. The first-order valence-corrected chi connectivity index (χ1v) is 9.86. The third kappa shape index (κ3) is 6.02. The summed E-state index contributed by atoms with van der Waals surface area (Å²) >= 11 is 10.1. The first-order valence-electron chi connectivity index (χ1n) is 7.68. The standard InChI is InChI=1S/C18H20BrN3OS2/c1-11-5-4-6-15(13(11)3)20-18(24)22-21-17(23)10-25-16-8-7-14(19)9-12(16)2/h4-9H,10H2,1-3H3,(H,21,23)(H2,20,22,24). The van der Waals surface area contributed by atoms with Crippen LogP contribution in [0.1, 0.15) is 16.7 Å². The summed E-state index contributed by atoms with van der Waals surface area (Å²) in [6.45, 7) is 6.09. The van der Waals surface area contributed by atoms with Crippen LogP contribution in [0.15, 0.2) is 45.8 Å². The first kappa shape index (κ1) is 19.8. The van der Waals surface area contributed by atoms with E-state index in [1.165, 1.54) is 17.3 Å². The van der Waals surface area contributed by atoms with Gasteiger partial charge in [-0.15, -0.1) is 11.8 Å². The number of hydrogen-bond donors (Lipinski definition) is 3. The highest BCUT2D eigenvalue weighted by Crippen LogP contribution is 2.25. The fourth-order valence-electron chi connectivity index (χ4n) is 2.12. The number of anilines is 1. The van der Waals surface area contributed by atoms with Crippen molar-refractivity contribution in [1.29, 1.82) is 0 Å². The average Bonchev–Trinajstić information content (AvgIpc) is 2.56. The monoisotopic (exact) mass is 437 g/mol. The topological polar surface area (TPSA) is 53.2 Å². The van der Waals surface area contributed by atoms with Gasteiger partial charge < -0.3 is 5.32 Å². The molecule has 0 aliphatic heterocycles. The van der Waals surface area contributed by atoms with E-state index < -0.39 is 0 Å². The minimum Gasteiger partial charge on any atom is -0.331 e. The van der Waals surface area contributed by atoms with Gasteiger partial charge >= 0.3 is 0 Å². The quantitative estimate of drug-likeness (QED) is 0.373. The molecule has 0 aromatic heterocycles. The summed E-state index contributed by atoms with van der Waals surface area (Å²) in [7, 11) is 0. The van der Waals surface area contributed by atoms with Crippen LogP contribution in [0.2, 0.25) is 0 Å². The van der Waals surface area contributed by atoms with Gasteiger partial charge in [0.1, 0.15) is 0 Å². The van der Waals surface area contributed by atoms with Gasteiger partial charge in [-0.2, -0.15) is 0 Å². The van der Waals surface area contributed by atoms with E-state index in [2.05, 4.69) is 32.1 Å². The number of halogens is 1. The number of carbonyl (C=O) groups is 1. The van der Waals surface area contributed by atoms with Crippen LogP contribution in [0.4, 0.5) is 5.69 Å². The number of hydrogen-bond acceptors (Lipinski definition) is 3. The largest absolute Gasteiger partial charge is 0.331 e. The van der Waals surface area contributed by atoms with Crippen molar-refractivity contribution in [2.24, 2.45) is 0 Å². The zero-order valence-corrected chi connectivity index (χ0v) is 17.5. The summed E-state index contributed by atoms with van der Waals surface area (Å²) in [5.41, 5.74) is 9.71. The molecule has 2 aromatic carbocycles. The van der Waals surface area contributed by atoms with E-state index in [1.54, 1.807) is 0 Å². The molecule has 132 valence electrons. The molecule has 0 atom stereocenters. The van der Waals surface area contributed by atoms with Gasteiger partial charge in [-0.1, -0.05) is 28.1 Å². The predicted octanol–water partition coefficient (Wildman–Crippen LogP) is 4.48. The number of hydrazine groups is 1. The Morgan fingerprint density at radius 3 is 2.60 bits per heavy atom. The van der Waals surface area contributed by atoms with Crippen molar-refractivity contribution in [2.75, 3.05) is 11.1 Å². The Morgan fingerprint density at radius 1 is 1.12 bits per heavy atom. The molecule has 25 heavy (non-hydrogen) atoms. The van der Waals surface area contributed by atoms with E-state index >= 15 is 0 Å². The molecular formula is C18H20BrN3OS2. The number of nitrogens with one attached hydrogen (secondary N) is 3. The maximum atomic E-state index is 12.0. The number of aryl methyl sites for hydroxylation is 2. The molecule has 3 N–H and O–H groups in total. The minimum atomic E-state index is -0.141. The third-order valence-electron chi connectivity index (χ3n) is 3.66. The minimum absolute atomic E-state index is 0.141. The Kier molecular flexibility index (Phi) is 7.28. The zero-order chi connectivity index (χ0) is 18.4. The second kappa shape index (κ2) is 9.22. The molecule has 0 aliphatic carbocycles. The number of rotatable bonds is 4. The Hall–Kier alpha value is -1.57. The van der Waals surface area contributed by atoms with Crippen LogP contribution in [0.25, 0.3) is 0 Å². The summed E-state index contributed by atoms with van der Waals surface area (Å²) in [4.78, 5) is 13.1. The molecule has 0 bridgehead atoms. The van der Waals surface area contributed by atoms with Gasteiger partial charge in [0, 0.05) is 15.1 Å². The van der Waals surface area contributed by atoms with E-state index in [0.717, 1.165) is 26.2 Å². The lowest BCUT2D eigenvalue weighted by Crippen LogP contribution is -2.44. The van der Waals surface area contributed by atoms with Crippen LogP contribution < -0.4 is 16.2 Å². The first-order chi connectivity index (χ1) is 11.9. The van der Waals surface area contributed by atoms with Crippen LogP contribution in [0.5, 0.6) is 0 Å². The van der Waals surface area contributed by atoms with Crippen molar-refractivity contribution in [1.82, 2.24) is 10.9 Å².